The fourth-order valence-electron chi connectivity index (χ4n) is 2.70. The highest BCUT2D eigenvalue weighted by molar-refractivity contribution is 5.97. The van der Waals surface area contributed by atoms with Crippen LogP contribution in [0.1, 0.15) is 44.6 Å². The van der Waals surface area contributed by atoms with E-state index in [4.69, 9.17) is 4.74 Å². The molecular weight excluding hydrogens is 233 g/mol. The van der Waals surface area contributed by atoms with Gasteiger partial charge in [0.05, 0.1) is 17.1 Å². The third-order valence-corrected chi connectivity index (χ3v) is 3.38. The number of nitrogens with zero attached hydrogens (tertiary/aromatic N) is 1. The summed E-state index contributed by atoms with van der Waals surface area (Å²) in [6.07, 6.45) is 2.01. The van der Waals surface area contributed by atoms with Crippen molar-refractivity contribution in [3.8, 4) is 0 Å². The van der Waals surface area contributed by atoms with E-state index in [1.165, 1.54) is 18.3 Å². The molecule has 0 bridgehead atoms. The van der Waals surface area contributed by atoms with E-state index in [0.29, 0.717) is 6.42 Å². The Morgan fingerprint density at radius 3 is 2.61 bits per heavy atom. The van der Waals surface area contributed by atoms with E-state index in [9.17, 15) is 9.18 Å². The molecule has 3 nitrogen and oxygen atoms in total. The second-order valence-electron chi connectivity index (χ2n) is 5.92. The minimum atomic E-state index is -0.593. The van der Waals surface area contributed by atoms with Crippen LogP contribution in [-0.4, -0.2) is 22.0 Å². The van der Waals surface area contributed by atoms with E-state index in [2.05, 4.69) is 4.98 Å². The maximum atomic E-state index is 13.6. The minimum Gasteiger partial charge on any atom is -0.369 e. The van der Waals surface area contributed by atoms with Crippen LogP contribution in [0, 0.1) is 11.7 Å². The van der Waals surface area contributed by atoms with E-state index in [1.807, 2.05) is 27.7 Å². The highest BCUT2D eigenvalue weighted by atomic mass is 19.1. The van der Waals surface area contributed by atoms with Crippen LogP contribution in [0.4, 0.5) is 4.39 Å². The highest BCUT2D eigenvalue weighted by Crippen LogP contribution is 2.43. The van der Waals surface area contributed by atoms with Crippen LogP contribution < -0.4 is 0 Å². The van der Waals surface area contributed by atoms with Crippen molar-refractivity contribution in [3.63, 3.8) is 0 Å². The molecule has 1 aromatic rings. The van der Waals surface area contributed by atoms with E-state index >= 15 is 0 Å². The Morgan fingerprint density at radius 1 is 1.44 bits per heavy atom. The molecular formula is C14H18FNO2. The van der Waals surface area contributed by atoms with Gasteiger partial charge in [-0.2, -0.15) is 0 Å². The lowest BCUT2D eigenvalue weighted by Crippen LogP contribution is -2.34. The molecule has 0 saturated carbocycles. The zero-order valence-electron chi connectivity index (χ0n) is 11.2. The predicted molar refractivity (Wildman–Crippen MR) is 65.9 cm³/mol. The lowest BCUT2D eigenvalue weighted by molar-refractivity contribution is -0.0712. The van der Waals surface area contributed by atoms with Crippen LogP contribution in [0.25, 0.3) is 0 Å². The molecule has 0 N–H and O–H groups in total. The third-order valence-electron chi connectivity index (χ3n) is 3.38. The Labute approximate surface area is 106 Å². The first kappa shape index (κ1) is 13.1. The van der Waals surface area contributed by atoms with Crippen LogP contribution in [0.2, 0.25) is 0 Å². The zero-order valence-corrected chi connectivity index (χ0v) is 11.2. The monoisotopic (exact) mass is 251 g/mol. The number of halogens is 1. The van der Waals surface area contributed by atoms with E-state index in [-0.39, 0.29) is 23.0 Å². The summed E-state index contributed by atoms with van der Waals surface area (Å²) in [5.41, 5.74) is -1.04. The van der Waals surface area contributed by atoms with Crippen molar-refractivity contribution >= 4 is 5.78 Å². The van der Waals surface area contributed by atoms with Gasteiger partial charge in [0, 0.05) is 6.20 Å². The number of ketones is 1. The molecule has 1 atom stereocenters. The standard InChI is InChI=1S/C14H18FNO2/c1-13(2)8-9(14(3,4)18-13)12(17)11-10(15)6-5-7-16-11/h5-7,9H,8H2,1-4H3. The van der Waals surface area contributed by atoms with Gasteiger partial charge in [-0.15, -0.1) is 0 Å². The molecule has 0 radical (unpaired) electrons. The lowest BCUT2D eigenvalue weighted by Gasteiger charge is -2.26. The summed E-state index contributed by atoms with van der Waals surface area (Å²) in [6, 6.07) is 2.74. The molecule has 98 valence electrons. The molecule has 1 aromatic heterocycles. The third kappa shape index (κ3) is 2.29. The van der Waals surface area contributed by atoms with Gasteiger partial charge in [0.2, 0.25) is 0 Å². The number of aromatic nitrogens is 1. The molecule has 0 spiro atoms. The lowest BCUT2D eigenvalue weighted by atomic mass is 9.83. The Bertz CT molecular complexity index is 482. The molecule has 0 aliphatic carbocycles. The van der Waals surface area contributed by atoms with E-state index < -0.39 is 11.4 Å². The number of ether oxygens (including phenoxy) is 1. The van der Waals surface area contributed by atoms with Crippen molar-refractivity contribution in [2.24, 2.45) is 5.92 Å². The average molecular weight is 251 g/mol. The Hall–Kier alpha value is -1.29. The van der Waals surface area contributed by atoms with Gasteiger partial charge in [0.15, 0.2) is 11.6 Å². The van der Waals surface area contributed by atoms with Crippen molar-refractivity contribution in [3.05, 3.63) is 29.8 Å². The molecule has 1 unspecified atom stereocenters. The van der Waals surface area contributed by atoms with Gasteiger partial charge >= 0.3 is 0 Å². The van der Waals surface area contributed by atoms with Crippen LogP contribution >= 0.6 is 0 Å². The van der Waals surface area contributed by atoms with Gasteiger partial charge in [0.1, 0.15) is 5.69 Å². The summed E-state index contributed by atoms with van der Waals surface area (Å²) in [7, 11) is 0. The number of pyridine rings is 1. The van der Waals surface area contributed by atoms with Crippen LogP contribution in [0.5, 0.6) is 0 Å². The van der Waals surface area contributed by atoms with Crippen LogP contribution in [0.3, 0.4) is 0 Å². The van der Waals surface area contributed by atoms with Crippen molar-refractivity contribution < 1.29 is 13.9 Å². The molecule has 1 fully saturated rings. The first-order valence-corrected chi connectivity index (χ1v) is 6.08. The van der Waals surface area contributed by atoms with E-state index in [1.54, 1.807) is 0 Å². The highest BCUT2D eigenvalue weighted by Gasteiger charge is 2.49. The molecule has 2 rings (SSSR count). The average Bonchev–Trinajstić information content (AvgIpc) is 2.46. The molecule has 2 heterocycles. The smallest absolute Gasteiger partial charge is 0.190 e. The summed E-state index contributed by atoms with van der Waals surface area (Å²) in [5.74, 6) is -1.21. The van der Waals surface area contributed by atoms with E-state index in [0.717, 1.165) is 0 Å². The van der Waals surface area contributed by atoms with Gasteiger partial charge in [-0.3, -0.25) is 9.78 Å². The summed E-state index contributed by atoms with van der Waals surface area (Å²) in [5, 5.41) is 0. The fraction of sp³-hybridized carbons (Fsp3) is 0.571. The molecule has 18 heavy (non-hydrogen) atoms. The SMILES string of the molecule is CC1(C)CC(C(=O)c2ncccc2F)C(C)(C)O1. The van der Waals surface area contributed by atoms with Crippen molar-refractivity contribution in [2.75, 3.05) is 0 Å². The largest absolute Gasteiger partial charge is 0.369 e. The molecule has 1 aliphatic heterocycles. The van der Waals surface area contributed by atoms with Gasteiger partial charge < -0.3 is 4.74 Å². The van der Waals surface area contributed by atoms with Crippen LogP contribution in [0.15, 0.2) is 18.3 Å². The maximum absolute atomic E-state index is 13.6. The summed E-state index contributed by atoms with van der Waals surface area (Å²) in [6.45, 7) is 7.62. The van der Waals surface area contributed by atoms with Gasteiger partial charge in [0.25, 0.3) is 0 Å². The minimum absolute atomic E-state index is 0.0862. The van der Waals surface area contributed by atoms with Crippen molar-refractivity contribution in [1.29, 1.82) is 0 Å². The number of hydrogen-bond acceptors (Lipinski definition) is 3. The molecule has 1 aliphatic rings. The molecule has 4 heteroatoms. The Balaban J connectivity index is 2.33. The number of Topliss-reactive ketones (excluding diaryl/α,β-unsaturated/α-hetero) is 1. The van der Waals surface area contributed by atoms with Crippen molar-refractivity contribution in [1.82, 2.24) is 4.98 Å². The normalized spacial score (nSPS) is 25.1. The molecule has 0 aromatic carbocycles. The quantitative estimate of drug-likeness (QED) is 0.758. The Morgan fingerprint density at radius 2 is 2.11 bits per heavy atom. The second kappa shape index (κ2) is 4.12. The predicted octanol–water partition coefficient (Wildman–Crippen LogP) is 3.00. The first-order valence-electron chi connectivity index (χ1n) is 6.08. The summed E-state index contributed by atoms with van der Waals surface area (Å²) in [4.78, 5) is 16.2. The number of rotatable bonds is 2. The first-order chi connectivity index (χ1) is 8.23. The second-order valence-corrected chi connectivity index (χ2v) is 5.92. The summed E-state index contributed by atoms with van der Waals surface area (Å²) >= 11 is 0. The fourth-order valence-corrected chi connectivity index (χ4v) is 2.70. The molecule has 0 amide bonds. The maximum Gasteiger partial charge on any atom is 0.190 e. The number of hydrogen-bond donors (Lipinski definition) is 0. The van der Waals surface area contributed by atoms with Gasteiger partial charge in [-0.05, 0) is 46.2 Å². The summed E-state index contributed by atoms with van der Waals surface area (Å²) < 4.78 is 19.5. The topological polar surface area (TPSA) is 39.2 Å². The number of carbonyl (C=O) groups excluding carboxylic acids is 1. The number of carbonyl (C=O) groups is 1. The molecule has 1 saturated heterocycles. The zero-order chi connectivity index (χ0) is 13.6. The van der Waals surface area contributed by atoms with Gasteiger partial charge in [-0.1, -0.05) is 0 Å². The van der Waals surface area contributed by atoms with Crippen molar-refractivity contribution in [2.45, 2.75) is 45.3 Å². The van der Waals surface area contributed by atoms with Crippen LogP contribution in [-0.2, 0) is 4.74 Å². The Kier molecular flexibility index (Phi) is 3.01. The van der Waals surface area contributed by atoms with Gasteiger partial charge in [-0.25, -0.2) is 4.39 Å².